The summed E-state index contributed by atoms with van der Waals surface area (Å²) in [5.41, 5.74) is 6.51. The molecule has 1 aromatic carbocycles. The Hall–Kier alpha value is -0.930. The van der Waals surface area contributed by atoms with Crippen molar-refractivity contribution in [3.63, 3.8) is 0 Å². The lowest BCUT2D eigenvalue weighted by atomic mass is 10.1. The van der Waals surface area contributed by atoms with Gasteiger partial charge in [0.15, 0.2) is 0 Å². The molecule has 84 valence electrons. The highest BCUT2D eigenvalue weighted by atomic mass is 19.1. The number of hydrogen-bond acceptors (Lipinski definition) is 2. The number of nitrogens with two attached hydrogens (primary N) is 1. The largest absolute Gasteiger partial charge is 0.327 e. The molecule has 0 aliphatic carbocycles. The Labute approximate surface area is 90.9 Å². The van der Waals surface area contributed by atoms with Gasteiger partial charge in [-0.15, -0.1) is 0 Å². The molecule has 2 unspecified atom stereocenters. The van der Waals surface area contributed by atoms with Crippen LogP contribution < -0.4 is 5.73 Å². The molecule has 0 spiro atoms. The van der Waals surface area contributed by atoms with E-state index in [0.717, 1.165) is 0 Å². The van der Waals surface area contributed by atoms with Crippen LogP contribution in [0.5, 0.6) is 0 Å². The number of likely N-dealkylation sites (N-methyl/N-ethyl adjacent to an activating group) is 1. The minimum absolute atomic E-state index is 0.0850. The molecule has 2 nitrogen and oxygen atoms in total. The summed E-state index contributed by atoms with van der Waals surface area (Å²) >= 11 is 0. The smallest absolute Gasteiger partial charge is 0.127 e. The fourth-order valence-corrected chi connectivity index (χ4v) is 1.44. The van der Waals surface area contributed by atoms with Gasteiger partial charge in [0.2, 0.25) is 0 Å². The molecule has 15 heavy (non-hydrogen) atoms. The lowest BCUT2D eigenvalue weighted by Gasteiger charge is -2.27. The molecule has 0 saturated heterocycles. The van der Waals surface area contributed by atoms with Crippen LogP contribution in [0.4, 0.5) is 4.39 Å². The summed E-state index contributed by atoms with van der Waals surface area (Å²) in [5.74, 6) is -0.152. The Balaban J connectivity index is 2.66. The van der Waals surface area contributed by atoms with E-state index in [4.69, 9.17) is 5.73 Å². The number of rotatable bonds is 4. The van der Waals surface area contributed by atoms with Crippen molar-refractivity contribution in [3.8, 4) is 0 Å². The van der Waals surface area contributed by atoms with Crippen LogP contribution in [-0.2, 0) is 6.54 Å². The molecule has 0 radical (unpaired) electrons. The van der Waals surface area contributed by atoms with Gasteiger partial charge in [-0.1, -0.05) is 18.2 Å². The SMILES string of the molecule is CC(N)C(C)N(C)Cc1ccccc1F. The van der Waals surface area contributed by atoms with Crippen molar-refractivity contribution in [3.05, 3.63) is 35.6 Å². The van der Waals surface area contributed by atoms with Crippen LogP contribution in [0.3, 0.4) is 0 Å². The maximum atomic E-state index is 13.4. The molecule has 0 fully saturated rings. The van der Waals surface area contributed by atoms with Crippen LogP contribution in [0, 0.1) is 5.82 Å². The molecular formula is C12H19FN2. The van der Waals surface area contributed by atoms with Crippen LogP contribution in [-0.4, -0.2) is 24.0 Å². The fourth-order valence-electron chi connectivity index (χ4n) is 1.44. The van der Waals surface area contributed by atoms with Gasteiger partial charge in [-0.25, -0.2) is 4.39 Å². The summed E-state index contributed by atoms with van der Waals surface area (Å²) in [4.78, 5) is 2.06. The molecule has 0 amide bonds. The molecule has 2 N–H and O–H groups in total. The third-order valence-corrected chi connectivity index (χ3v) is 2.83. The Bertz CT molecular complexity index is 312. The highest BCUT2D eigenvalue weighted by Crippen LogP contribution is 2.11. The van der Waals surface area contributed by atoms with Gasteiger partial charge in [-0.3, -0.25) is 4.90 Å². The maximum absolute atomic E-state index is 13.4. The van der Waals surface area contributed by atoms with E-state index in [-0.39, 0.29) is 17.9 Å². The molecule has 0 aromatic heterocycles. The van der Waals surface area contributed by atoms with Gasteiger partial charge in [-0.05, 0) is 27.0 Å². The van der Waals surface area contributed by atoms with Crippen LogP contribution in [0.15, 0.2) is 24.3 Å². The van der Waals surface area contributed by atoms with Crippen molar-refractivity contribution in [2.75, 3.05) is 7.05 Å². The summed E-state index contributed by atoms with van der Waals surface area (Å²) in [6, 6.07) is 7.17. The highest BCUT2D eigenvalue weighted by Gasteiger charge is 2.14. The van der Waals surface area contributed by atoms with Gasteiger partial charge < -0.3 is 5.73 Å². The second-order valence-electron chi connectivity index (χ2n) is 4.11. The third-order valence-electron chi connectivity index (χ3n) is 2.83. The first-order chi connectivity index (χ1) is 7.02. The molecule has 0 aliphatic heterocycles. The van der Waals surface area contributed by atoms with E-state index in [9.17, 15) is 4.39 Å². The van der Waals surface area contributed by atoms with Gasteiger partial charge >= 0.3 is 0 Å². The van der Waals surface area contributed by atoms with Crippen LogP contribution in [0.25, 0.3) is 0 Å². The molecule has 2 atom stereocenters. The minimum Gasteiger partial charge on any atom is -0.327 e. The Kier molecular flexibility index (Phi) is 4.24. The lowest BCUT2D eigenvalue weighted by molar-refractivity contribution is 0.222. The lowest BCUT2D eigenvalue weighted by Crippen LogP contribution is -2.41. The van der Waals surface area contributed by atoms with Crippen molar-refractivity contribution in [1.82, 2.24) is 4.90 Å². The monoisotopic (exact) mass is 210 g/mol. The number of halogens is 1. The average Bonchev–Trinajstić information content (AvgIpc) is 2.20. The van der Waals surface area contributed by atoms with Crippen molar-refractivity contribution < 1.29 is 4.39 Å². The molecule has 1 rings (SSSR count). The van der Waals surface area contributed by atoms with Gasteiger partial charge in [0, 0.05) is 24.2 Å². The quantitative estimate of drug-likeness (QED) is 0.823. The van der Waals surface area contributed by atoms with Gasteiger partial charge in [0.1, 0.15) is 5.82 Å². The zero-order valence-electron chi connectivity index (χ0n) is 9.57. The molecule has 1 aromatic rings. The van der Waals surface area contributed by atoms with E-state index in [1.807, 2.05) is 27.0 Å². The van der Waals surface area contributed by atoms with Crippen molar-refractivity contribution in [2.24, 2.45) is 5.73 Å². The van der Waals surface area contributed by atoms with Crippen LogP contribution in [0.2, 0.25) is 0 Å². The minimum atomic E-state index is -0.152. The third kappa shape index (κ3) is 3.29. The van der Waals surface area contributed by atoms with Crippen molar-refractivity contribution in [2.45, 2.75) is 32.5 Å². The summed E-state index contributed by atoms with van der Waals surface area (Å²) < 4.78 is 13.4. The normalized spacial score (nSPS) is 15.3. The topological polar surface area (TPSA) is 29.3 Å². The molecule has 0 heterocycles. The molecule has 3 heteroatoms. The molecular weight excluding hydrogens is 191 g/mol. The summed E-state index contributed by atoms with van der Waals surface area (Å²) in [6.07, 6.45) is 0. The van der Waals surface area contributed by atoms with E-state index < -0.39 is 0 Å². The number of hydrogen-bond donors (Lipinski definition) is 1. The molecule has 0 saturated carbocycles. The predicted molar refractivity (Wildman–Crippen MR) is 61.0 cm³/mol. The average molecular weight is 210 g/mol. The first kappa shape index (κ1) is 12.1. The first-order valence-corrected chi connectivity index (χ1v) is 5.21. The van der Waals surface area contributed by atoms with Crippen molar-refractivity contribution >= 4 is 0 Å². The Morgan fingerprint density at radius 2 is 1.93 bits per heavy atom. The Morgan fingerprint density at radius 1 is 1.33 bits per heavy atom. The summed E-state index contributed by atoms with van der Waals surface area (Å²) in [7, 11) is 1.96. The predicted octanol–water partition coefficient (Wildman–Crippen LogP) is 1.99. The highest BCUT2D eigenvalue weighted by molar-refractivity contribution is 5.17. The zero-order chi connectivity index (χ0) is 11.4. The van der Waals surface area contributed by atoms with Gasteiger partial charge in [0.05, 0.1) is 0 Å². The van der Waals surface area contributed by atoms with Gasteiger partial charge in [0.25, 0.3) is 0 Å². The number of nitrogens with zero attached hydrogens (tertiary/aromatic N) is 1. The summed E-state index contributed by atoms with van der Waals surface area (Å²) in [5, 5.41) is 0. The Morgan fingerprint density at radius 3 is 2.47 bits per heavy atom. The fraction of sp³-hybridized carbons (Fsp3) is 0.500. The van der Waals surface area contributed by atoms with E-state index in [2.05, 4.69) is 4.90 Å². The first-order valence-electron chi connectivity index (χ1n) is 5.21. The molecule has 0 bridgehead atoms. The summed E-state index contributed by atoms with van der Waals surface area (Å²) in [6.45, 7) is 4.60. The maximum Gasteiger partial charge on any atom is 0.127 e. The second-order valence-corrected chi connectivity index (χ2v) is 4.11. The van der Waals surface area contributed by atoms with E-state index >= 15 is 0 Å². The van der Waals surface area contributed by atoms with Gasteiger partial charge in [-0.2, -0.15) is 0 Å². The van der Waals surface area contributed by atoms with E-state index in [1.165, 1.54) is 6.07 Å². The molecule has 0 aliphatic rings. The van der Waals surface area contributed by atoms with E-state index in [0.29, 0.717) is 12.1 Å². The zero-order valence-corrected chi connectivity index (χ0v) is 9.57. The standard InChI is InChI=1S/C12H19FN2/c1-9(14)10(2)15(3)8-11-6-4-5-7-12(11)13/h4-7,9-10H,8,14H2,1-3H3. The van der Waals surface area contributed by atoms with Crippen molar-refractivity contribution in [1.29, 1.82) is 0 Å². The number of benzene rings is 1. The second kappa shape index (κ2) is 5.24. The van der Waals surface area contributed by atoms with Crippen LogP contribution in [0.1, 0.15) is 19.4 Å². The van der Waals surface area contributed by atoms with Crippen LogP contribution >= 0.6 is 0 Å². The van der Waals surface area contributed by atoms with E-state index in [1.54, 1.807) is 12.1 Å².